The van der Waals surface area contributed by atoms with E-state index < -0.39 is 6.10 Å². The number of rotatable bonds is 65. The normalized spacial score (nSPS) is 12.4. The Morgan fingerprint density at radius 1 is 0.263 bits per heavy atom. The minimum atomic E-state index is -0.781. The summed E-state index contributed by atoms with van der Waals surface area (Å²) >= 11 is 0. The van der Waals surface area contributed by atoms with Crippen molar-refractivity contribution in [1.29, 1.82) is 0 Å². The Morgan fingerprint density at radius 2 is 0.487 bits per heavy atom. The highest BCUT2D eigenvalue weighted by molar-refractivity contribution is 5.71. The van der Waals surface area contributed by atoms with Gasteiger partial charge in [0.2, 0.25) is 0 Å². The molecule has 0 amide bonds. The summed E-state index contributed by atoms with van der Waals surface area (Å²) in [6.07, 6.45) is 88.4. The Hall–Kier alpha value is -2.89. The van der Waals surface area contributed by atoms with E-state index in [4.69, 9.17) is 14.2 Å². The number of carbonyl (C=O) groups is 3. The molecule has 0 spiro atoms. The molecule has 80 heavy (non-hydrogen) atoms. The second kappa shape index (κ2) is 68.6. The van der Waals surface area contributed by atoms with Gasteiger partial charge in [0.15, 0.2) is 6.10 Å². The maximum Gasteiger partial charge on any atom is 0.306 e. The Balaban J connectivity index is 4.12. The van der Waals surface area contributed by atoms with Crippen LogP contribution in [0, 0.1) is 0 Å². The summed E-state index contributed by atoms with van der Waals surface area (Å²) in [5, 5.41) is 0. The first kappa shape index (κ1) is 77.1. The summed E-state index contributed by atoms with van der Waals surface area (Å²) in [4.78, 5) is 38.3. The highest BCUT2D eigenvalue weighted by Crippen LogP contribution is 2.18. The van der Waals surface area contributed by atoms with Crippen molar-refractivity contribution in [3.05, 3.63) is 60.8 Å². The van der Waals surface area contributed by atoms with Crippen LogP contribution in [-0.4, -0.2) is 37.2 Å². The fourth-order valence-corrected chi connectivity index (χ4v) is 10.5. The molecule has 0 aromatic carbocycles. The minimum absolute atomic E-state index is 0.0761. The van der Waals surface area contributed by atoms with E-state index in [9.17, 15) is 14.4 Å². The van der Waals surface area contributed by atoms with Gasteiger partial charge in [0, 0.05) is 19.3 Å². The zero-order valence-corrected chi connectivity index (χ0v) is 53.6. The Labute approximate surface area is 498 Å². The molecule has 0 bridgehead atoms. The van der Waals surface area contributed by atoms with Crippen molar-refractivity contribution in [2.24, 2.45) is 0 Å². The van der Waals surface area contributed by atoms with E-state index in [0.717, 1.165) is 103 Å². The topological polar surface area (TPSA) is 78.9 Å². The van der Waals surface area contributed by atoms with Gasteiger partial charge in [0.25, 0.3) is 0 Å². The van der Waals surface area contributed by atoms with E-state index in [1.54, 1.807) is 0 Å². The summed E-state index contributed by atoms with van der Waals surface area (Å²) in [6, 6.07) is 0. The van der Waals surface area contributed by atoms with E-state index >= 15 is 0 Å². The molecule has 0 aliphatic carbocycles. The third-order valence-corrected chi connectivity index (χ3v) is 15.8. The fourth-order valence-electron chi connectivity index (χ4n) is 10.5. The highest BCUT2D eigenvalue weighted by Gasteiger charge is 2.19. The Morgan fingerprint density at radius 3 is 0.762 bits per heavy atom. The van der Waals surface area contributed by atoms with Gasteiger partial charge in [-0.15, -0.1) is 0 Å². The van der Waals surface area contributed by atoms with Gasteiger partial charge in [-0.2, -0.15) is 0 Å². The number of unbranched alkanes of at least 4 members (excludes halogenated alkanes) is 44. The van der Waals surface area contributed by atoms with Crippen molar-refractivity contribution in [3.8, 4) is 0 Å². The molecule has 0 radical (unpaired) electrons. The zero-order valence-electron chi connectivity index (χ0n) is 53.6. The van der Waals surface area contributed by atoms with E-state index in [1.165, 1.54) is 231 Å². The number of ether oxygens (including phenoxy) is 3. The van der Waals surface area contributed by atoms with Crippen LogP contribution in [0.2, 0.25) is 0 Å². The van der Waals surface area contributed by atoms with Gasteiger partial charge < -0.3 is 14.2 Å². The van der Waals surface area contributed by atoms with Gasteiger partial charge in [-0.05, 0) is 83.5 Å². The molecule has 0 aliphatic rings. The smallest absolute Gasteiger partial charge is 0.306 e. The lowest BCUT2D eigenvalue weighted by molar-refractivity contribution is -0.167. The molecular weight excluding hydrogens is 985 g/mol. The molecule has 6 nitrogen and oxygen atoms in total. The second-order valence-electron chi connectivity index (χ2n) is 23.8. The summed E-state index contributed by atoms with van der Waals surface area (Å²) in [7, 11) is 0. The standard InChI is InChI=1S/C74H134O6/c1-4-7-10-13-16-19-22-25-28-29-30-31-32-33-34-35-36-37-38-39-40-41-42-43-44-45-47-49-52-55-58-61-64-67-73(76)79-70-71(69-78-72(75)66-63-60-57-54-51-48-27-24-21-18-15-12-9-6-3)80-74(77)68-65-62-59-56-53-50-46-26-23-20-17-14-11-8-5-2/h8,11,17,20,22,25-26,29-30,46,71H,4-7,9-10,12-16,18-19,21,23-24,27-28,31-45,47-70H2,1-3H3/b11-8-,20-17-,25-22-,30-29-,46-26-. The van der Waals surface area contributed by atoms with E-state index in [-0.39, 0.29) is 31.1 Å². The van der Waals surface area contributed by atoms with Crippen molar-refractivity contribution in [2.75, 3.05) is 13.2 Å². The Bertz CT molecular complexity index is 1430. The number of hydrogen-bond donors (Lipinski definition) is 0. The molecule has 0 N–H and O–H groups in total. The number of esters is 3. The zero-order chi connectivity index (χ0) is 57.8. The van der Waals surface area contributed by atoms with Crippen LogP contribution in [0.5, 0.6) is 0 Å². The van der Waals surface area contributed by atoms with E-state index in [1.807, 2.05) is 0 Å². The average Bonchev–Trinajstić information content (AvgIpc) is 3.46. The lowest BCUT2D eigenvalue weighted by Crippen LogP contribution is -2.30. The van der Waals surface area contributed by atoms with Gasteiger partial charge in [-0.1, -0.05) is 332 Å². The van der Waals surface area contributed by atoms with Crippen LogP contribution in [0.25, 0.3) is 0 Å². The molecular formula is C74H134O6. The van der Waals surface area contributed by atoms with Crippen LogP contribution < -0.4 is 0 Å². The predicted molar refractivity (Wildman–Crippen MR) is 348 cm³/mol. The van der Waals surface area contributed by atoms with Crippen molar-refractivity contribution in [1.82, 2.24) is 0 Å². The largest absolute Gasteiger partial charge is 0.462 e. The van der Waals surface area contributed by atoms with Crippen LogP contribution in [-0.2, 0) is 28.6 Å². The SMILES string of the molecule is CC/C=C\C/C=C\C/C=C\CCCCCCCC(=O)OC(COC(=O)CCCCCCCCCCCCCCCC)COC(=O)CCCCCCCCCCCCCCCCCCCCCCC/C=C\C/C=C\CCCCCCC. The summed E-state index contributed by atoms with van der Waals surface area (Å²) in [6.45, 7) is 6.56. The van der Waals surface area contributed by atoms with E-state index in [2.05, 4.69) is 81.5 Å². The first-order chi connectivity index (χ1) is 39.5. The van der Waals surface area contributed by atoms with Crippen LogP contribution in [0.3, 0.4) is 0 Å². The van der Waals surface area contributed by atoms with Gasteiger partial charge >= 0.3 is 17.9 Å². The summed E-state index contributed by atoms with van der Waals surface area (Å²) in [5.41, 5.74) is 0. The van der Waals surface area contributed by atoms with Crippen LogP contribution >= 0.6 is 0 Å². The van der Waals surface area contributed by atoms with Crippen molar-refractivity contribution >= 4 is 17.9 Å². The third-order valence-electron chi connectivity index (χ3n) is 15.8. The summed E-state index contributed by atoms with van der Waals surface area (Å²) < 4.78 is 16.9. The maximum absolute atomic E-state index is 12.9. The van der Waals surface area contributed by atoms with Gasteiger partial charge in [0.05, 0.1) is 0 Å². The molecule has 1 unspecified atom stereocenters. The van der Waals surface area contributed by atoms with Crippen LogP contribution in [0.1, 0.15) is 374 Å². The fraction of sp³-hybridized carbons (Fsp3) is 0.824. The quantitative estimate of drug-likeness (QED) is 0.0261. The number of allylic oxidation sites excluding steroid dienone is 10. The van der Waals surface area contributed by atoms with Gasteiger partial charge in [-0.3, -0.25) is 14.4 Å². The minimum Gasteiger partial charge on any atom is -0.462 e. The summed E-state index contributed by atoms with van der Waals surface area (Å²) in [5.74, 6) is -0.870. The van der Waals surface area contributed by atoms with Crippen molar-refractivity contribution < 1.29 is 28.6 Å². The molecule has 1 atom stereocenters. The second-order valence-corrected chi connectivity index (χ2v) is 23.8. The number of hydrogen-bond acceptors (Lipinski definition) is 6. The third kappa shape index (κ3) is 65.9. The van der Waals surface area contributed by atoms with Crippen LogP contribution in [0.15, 0.2) is 60.8 Å². The molecule has 0 heterocycles. The number of carbonyl (C=O) groups excluding carboxylic acids is 3. The molecule has 0 saturated heterocycles. The molecule has 6 heteroatoms. The Kier molecular flexibility index (Phi) is 66.1. The molecule has 0 aromatic heterocycles. The average molecular weight is 1120 g/mol. The first-order valence-corrected chi connectivity index (χ1v) is 35.3. The van der Waals surface area contributed by atoms with E-state index in [0.29, 0.717) is 19.3 Å². The predicted octanol–water partition coefficient (Wildman–Crippen LogP) is 24.3. The first-order valence-electron chi connectivity index (χ1n) is 35.3. The molecule has 0 aliphatic heterocycles. The van der Waals surface area contributed by atoms with Gasteiger partial charge in [-0.25, -0.2) is 0 Å². The van der Waals surface area contributed by atoms with Crippen molar-refractivity contribution in [3.63, 3.8) is 0 Å². The maximum atomic E-state index is 12.9. The molecule has 466 valence electrons. The molecule has 0 saturated carbocycles. The lowest BCUT2D eigenvalue weighted by atomic mass is 10.0. The lowest BCUT2D eigenvalue weighted by Gasteiger charge is -2.18. The van der Waals surface area contributed by atoms with Crippen LogP contribution in [0.4, 0.5) is 0 Å². The monoisotopic (exact) mass is 1120 g/mol. The molecule has 0 rings (SSSR count). The van der Waals surface area contributed by atoms with Gasteiger partial charge in [0.1, 0.15) is 13.2 Å². The molecule has 0 aromatic rings. The van der Waals surface area contributed by atoms with Crippen molar-refractivity contribution in [2.45, 2.75) is 380 Å². The highest BCUT2D eigenvalue weighted by atomic mass is 16.6. The molecule has 0 fully saturated rings.